The van der Waals surface area contributed by atoms with E-state index in [0.717, 1.165) is 46.1 Å². The van der Waals surface area contributed by atoms with Gasteiger partial charge >= 0.3 is 0 Å². The molecule has 0 radical (unpaired) electrons. The van der Waals surface area contributed by atoms with Gasteiger partial charge in [0.1, 0.15) is 10.8 Å². The van der Waals surface area contributed by atoms with Crippen molar-refractivity contribution in [3.8, 4) is 27.6 Å². The van der Waals surface area contributed by atoms with E-state index in [1.54, 1.807) is 11.3 Å². The maximum absolute atomic E-state index is 12.3. The van der Waals surface area contributed by atoms with E-state index in [2.05, 4.69) is 6.92 Å². The van der Waals surface area contributed by atoms with Crippen molar-refractivity contribution in [1.29, 1.82) is 0 Å². The first-order valence-electron chi connectivity index (χ1n) is 8.95. The zero-order chi connectivity index (χ0) is 18.8. The lowest BCUT2D eigenvalue weighted by Crippen LogP contribution is -2.39. The van der Waals surface area contributed by atoms with Gasteiger partial charge in [-0.25, -0.2) is 4.98 Å². The zero-order valence-electron chi connectivity index (χ0n) is 14.9. The molecule has 1 amide bonds. The normalized spacial score (nSPS) is 13.4. The number of benzene rings is 2. The fraction of sp³-hybridized carbons (Fsp3) is 0.238. The van der Waals surface area contributed by atoms with Crippen LogP contribution in [0.15, 0.2) is 47.8 Å². The van der Waals surface area contributed by atoms with Gasteiger partial charge in [0.05, 0.1) is 16.4 Å². The number of fused-ring (bicyclic) bond motifs is 1. The van der Waals surface area contributed by atoms with Crippen LogP contribution in [0.1, 0.15) is 19.8 Å². The van der Waals surface area contributed by atoms with Crippen molar-refractivity contribution >= 4 is 34.5 Å². The Balaban J connectivity index is 1.69. The largest absolute Gasteiger partial charge is 0.482 e. The predicted octanol–water partition coefficient (Wildman–Crippen LogP) is 5.66. The van der Waals surface area contributed by atoms with Gasteiger partial charge in [-0.2, -0.15) is 0 Å². The van der Waals surface area contributed by atoms with Gasteiger partial charge in [0.25, 0.3) is 5.91 Å². The van der Waals surface area contributed by atoms with Crippen LogP contribution in [0.2, 0.25) is 5.02 Å². The van der Waals surface area contributed by atoms with Gasteiger partial charge in [-0.3, -0.25) is 4.79 Å². The molecule has 4 nitrogen and oxygen atoms in total. The fourth-order valence-electron chi connectivity index (χ4n) is 3.09. The van der Waals surface area contributed by atoms with Gasteiger partial charge in [0, 0.05) is 23.1 Å². The Labute approximate surface area is 167 Å². The number of amides is 1. The van der Waals surface area contributed by atoms with E-state index in [9.17, 15) is 4.79 Å². The van der Waals surface area contributed by atoms with Crippen molar-refractivity contribution < 1.29 is 9.53 Å². The maximum atomic E-state index is 12.3. The van der Waals surface area contributed by atoms with E-state index in [1.807, 2.05) is 52.7 Å². The van der Waals surface area contributed by atoms with E-state index >= 15 is 0 Å². The topological polar surface area (TPSA) is 42.4 Å². The average Bonchev–Trinajstić information content (AvgIpc) is 3.17. The number of carbonyl (C=O) groups excluding carboxylic acids is 1. The molecule has 1 aliphatic heterocycles. The number of aromatic nitrogens is 1. The summed E-state index contributed by atoms with van der Waals surface area (Å²) in [5.41, 5.74) is 3.58. The molecule has 0 fully saturated rings. The summed E-state index contributed by atoms with van der Waals surface area (Å²) < 4.78 is 5.60. The third-order valence-electron chi connectivity index (χ3n) is 4.54. The number of nitrogens with zero attached hydrogens (tertiary/aromatic N) is 2. The van der Waals surface area contributed by atoms with Crippen LogP contribution in [-0.2, 0) is 4.79 Å². The standard InChI is InChI=1S/C21H19ClN2O2S/c1-2-3-10-24-18-11-14(8-9-19(18)26-12-20(24)25)17-13-27-21(23-17)15-6-4-5-7-16(15)22/h4-9,11,13H,2-3,10,12H2,1H3. The Morgan fingerprint density at radius 1 is 1.26 bits per heavy atom. The van der Waals surface area contributed by atoms with Gasteiger partial charge < -0.3 is 9.64 Å². The zero-order valence-corrected chi connectivity index (χ0v) is 16.5. The first kappa shape index (κ1) is 18.0. The highest BCUT2D eigenvalue weighted by Crippen LogP contribution is 2.38. The number of hydrogen-bond donors (Lipinski definition) is 0. The van der Waals surface area contributed by atoms with Crippen LogP contribution in [0.4, 0.5) is 5.69 Å². The molecule has 0 spiro atoms. The van der Waals surface area contributed by atoms with E-state index < -0.39 is 0 Å². The number of carbonyl (C=O) groups is 1. The van der Waals surface area contributed by atoms with E-state index in [4.69, 9.17) is 21.3 Å². The van der Waals surface area contributed by atoms with Gasteiger partial charge in [0.2, 0.25) is 0 Å². The number of anilines is 1. The molecule has 0 N–H and O–H groups in total. The van der Waals surface area contributed by atoms with Crippen LogP contribution in [0.5, 0.6) is 5.75 Å². The second-order valence-electron chi connectivity index (χ2n) is 6.39. The summed E-state index contributed by atoms with van der Waals surface area (Å²) in [4.78, 5) is 18.9. The first-order valence-corrected chi connectivity index (χ1v) is 10.2. The van der Waals surface area contributed by atoms with Crippen LogP contribution in [0, 0.1) is 0 Å². The molecule has 1 aromatic heterocycles. The van der Waals surface area contributed by atoms with Crippen molar-refractivity contribution in [1.82, 2.24) is 4.98 Å². The first-order chi connectivity index (χ1) is 13.2. The monoisotopic (exact) mass is 398 g/mol. The Morgan fingerprint density at radius 3 is 2.93 bits per heavy atom. The molecule has 3 aromatic rings. The van der Waals surface area contributed by atoms with E-state index in [1.165, 1.54) is 0 Å². The lowest BCUT2D eigenvalue weighted by Gasteiger charge is -2.29. The molecular formula is C21H19ClN2O2S. The second-order valence-corrected chi connectivity index (χ2v) is 7.65. The lowest BCUT2D eigenvalue weighted by atomic mass is 10.1. The number of halogens is 1. The molecule has 4 rings (SSSR count). The maximum Gasteiger partial charge on any atom is 0.265 e. The summed E-state index contributed by atoms with van der Waals surface area (Å²) in [5.74, 6) is 0.749. The molecule has 0 saturated carbocycles. The van der Waals surface area contributed by atoms with Crippen molar-refractivity contribution in [2.75, 3.05) is 18.1 Å². The Hall–Kier alpha value is -2.37. The summed E-state index contributed by atoms with van der Waals surface area (Å²) in [5, 5.41) is 3.58. The van der Waals surface area contributed by atoms with Crippen molar-refractivity contribution in [3.05, 3.63) is 52.9 Å². The van der Waals surface area contributed by atoms with Crippen LogP contribution in [-0.4, -0.2) is 24.0 Å². The van der Waals surface area contributed by atoms with Crippen LogP contribution >= 0.6 is 22.9 Å². The third-order valence-corrected chi connectivity index (χ3v) is 5.75. The number of rotatable bonds is 5. The minimum atomic E-state index is 0.00290. The fourth-order valence-corrected chi connectivity index (χ4v) is 4.24. The van der Waals surface area contributed by atoms with E-state index in [-0.39, 0.29) is 12.5 Å². The van der Waals surface area contributed by atoms with Crippen LogP contribution in [0.25, 0.3) is 21.8 Å². The summed E-state index contributed by atoms with van der Waals surface area (Å²) in [7, 11) is 0. The minimum absolute atomic E-state index is 0.00290. The van der Waals surface area contributed by atoms with Crippen molar-refractivity contribution in [2.45, 2.75) is 19.8 Å². The molecule has 0 unspecified atom stereocenters. The summed E-state index contributed by atoms with van der Waals surface area (Å²) in [6.07, 6.45) is 2.00. The highest BCUT2D eigenvalue weighted by Gasteiger charge is 2.25. The molecule has 0 atom stereocenters. The molecule has 1 aliphatic rings. The minimum Gasteiger partial charge on any atom is -0.482 e. The molecule has 0 aliphatic carbocycles. The second kappa shape index (κ2) is 7.71. The van der Waals surface area contributed by atoms with Gasteiger partial charge in [-0.1, -0.05) is 43.1 Å². The van der Waals surface area contributed by atoms with Crippen molar-refractivity contribution in [2.24, 2.45) is 0 Å². The molecule has 0 saturated heterocycles. The summed E-state index contributed by atoms with van der Waals surface area (Å²) >= 11 is 7.86. The third kappa shape index (κ3) is 3.57. The average molecular weight is 399 g/mol. The smallest absolute Gasteiger partial charge is 0.265 e. The molecule has 2 heterocycles. The van der Waals surface area contributed by atoms with Crippen LogP contribution < -0.4 is 9.64 Å². The summed E-state index contributed by atoms with van der Waals surface area (Å²) in [6, 6.07) is 13.6. The highest BCUT2D eigenvalue weighted by atomic mass is 35.5. The number of unbranched alkanes of at least 4 members (excludes halogenated alkanes) is 1. The molecule has 27 heavy (non-hydrogen) atoms. The SMILES string of the molecule is CCCCN1C(=O)COc2ccc(-c3csc(-c4ccccc4Cl)n3)cc21. The Morgan fingerprint density at radius 2 is 2.11 bits per heavy atom. The molecule has 0 bridgehead atoms. The molecule has 2 aromatic carbocycles. The molecule has 6 heteroatoms. The van der Waals surface area contributed by atoms with Crippen molar-refractivity contribution in [3.63, 3.8) is 0 Å². The van der Waals surface area contributed by atoms with Gasteiger partial charge in [0.15, 0.2) is 6.61 Å². The van der Waals surface area contributed by atoms with Crippen LogP contribution in [0.3, 0.4) is 0 Å². The summed E-state index contributed by atoms with van der Waals surface area (Å²) in [6.45, 7) is 2.92. The van der Waals surface area contributed by atoms with Gasteiger partial charge in [-0.05, 0) is 30.7 Å². The molecular weight excluding hydrogens is 380 g/mol. The van der Waals surface area contributed by atoms with E-state index in [0.29, 0.717) is 11.6 Å². The quantitative estimate of drug-likeness (QED) is 0.557. The molecule has 138 valence electrons. The van der Waals surface area contributed by atoms with Gasteiger partial charge in [-0.15, -0.1) is 11.3 Å². The number of thiazole rings is 1. The number of ether oxygens (including phenoxy) is 1. The lowest BCUT2D eigenvalue weighted by molar-refractivity contribution is -0.121. The predicted molar refractivity (Wildman–Crippen MR) is 111 cm³/mol. The Kier molecular flexibility index (Phi) is 5.14. The number of hydrogen-bond acceptors (Lipinski definition) is 4. The Bertz CT molecular complexity index is 986. The highest BCUT2D eigenvalue weighted by molar-refractivity contribution is 7.13.